The van der Waals surface area contributed by atoms with Gasteiger partial charge in [-0.15, -0.1) is 0 Å². The highest BCUT2D eigenvalue weighted by atomic mass is 35.5. The monoisotopic (exact) mass is 247 g/mol. The summed E-state index contributed by atoms with van der Waals surface area (Å²) in [5.41, 5.74) is 4.40. The molecule has 0 radical (unpaired) electrons. The van der Waals surface area contributed by atoms with Crippen molar-refractivity contribution in [1.29, 1.82) is 0 Å². The first-order valence-electron chi connectivity index (χ1n) is 5.34. The summed E-state index contributed by atoms with van der Waals surface area (Å²) in [5.74, 6) is -0.518. The van der Waals surface area contributed by atoms with E-state index in [1.165, 1.54) is 12.1 Å². The second kappa shape index (κ2) is 5.60. The quantitative estimate of drug-likeness (QED) is 0.847. The van der Waals surface area contributed by atoms with Gasteiger partial charge >= 0.3 is 0 Å². The van der Waals surface area contributed by atoms with E-state index in [1.54, 1.807) is 6.07 Å². The lowest BCUT2D eigenvalue weighted by molar-refractivity contribution is 0.158. The zero-order chi connectivity index (χ0) is 12.2. The maximum atomic E-state index is 14.2. The molecule has 1 rings (SSSR count). The average molecular weight is 248 g/mol. The van der Waals surface area contributed by atoms with Crippen LogP contribution in [0.1, 0.15) is 25.3 Å². The molecule has 2 N–H and O–H groups in total. The molecule has 0 saturated heterocycles. The van der Waals surface area contributed by atoms with Crippen LogP contribution in [0.15, 0.2) is 18.2 Å². The van der Waals surface area contributed by atoms with Gasteiger partial charge in [-0.1, -0.05) is 37.1 Å². The lowest BCUT2D eigenvalue weighted by Crippen LogP contribution is -2.35. The number of rotatable bonds is 5. The number of halogens is 3. The maximum Gasteiger partial charge on any atom is 0.142 e. The van der Waals surface area contributed by atoms with Gasteiger partial charge in [0.05, 0.1) is 5.02 Å². The summed E-state index contributed by atoms with van der Waals surface area (Å²) in [6.07, 6.45) is 1.12. The van der Waals surface area contributed by atoms with Crippen molar-refractivity contribution in [3.63, 3.8) is 0 Å². The van der Waals surface area contributed by atoms with Crippen LogP contribution in [0, 0.1) is 5.82 Å². The molecular formula is C12H16ClF2N. The summed E-state index contributed by atoms with van der Waals surface area (Å²) in [6.45, 7) is 1.81. The predicted octanol–water partition coefficient (Wildman–Crippen LogP) is 3.49. The minimum atomic E-state index is -1.49. The van der Waals surface area contributed by atoms with Crippen molar-refractivity contribution in [3.05, 3.63) is 34.6 Å². The molecule has 0 heterocycles. The Morgan fingerprint density at radius 1 is 1.44 bits per heavy atom. The fourth-order valence-corrected chi connectivity index (χ4v) is 1.93. The summed E-state index contributed by atoms with van der Waals surface area (Å²) in [7, 11) is 0. The zero-order valence-corrected chi connectivity index (χ0v) is 10.0. The fourth-order valence-electron chi connectivity index (χ4n) is 1.74. The molecule has 0 amide bonds. The molecule has 90 valence electrons. The smallest absolute Gasteiger partial charge is 0.142 e. The molecule has 0 aromatic heterocycles. The van der Waals surface area contributed by atoms with Gasteiger partial charge in [-0.3, -0.25) is 0 Å². The normalized spacial score (nSPS) is 14.8. The SMILES string of the molecule is CCCC(F)(CN)Cc1cccc(F)c1Cl. The van der Waals surface area contributed by atoms with Crippen LogP contribution in [-0.2, 0) is 6.42 Å². The third kappa shape index (κ3) is 3.16. The van der Waals surface area contributed by atoms with Gasteiger partial charge in [0.2, 0.25) is 0 Å². The van der Waals surface area contributed by atoms with Crippen LogP contribution >= 0.6 is 11.6 Å². The largest absolute Gasteiger partial charge is 0.328 e. The van der Waals surface area contributed by atoms with E-state index in [9.17, 15) is 8.78 Å². The van der Waals surface area contributed by atoms with E-state index in [2.05, 4.69) is 0 Å². The zero-order valence-electron chi connectivity index (χ0n) is 9.27. The summed E-state index contributed by atoms with van der Waals surface area (Å²) < 4.78 is 27.4. The first-order valence-corrected chi connectivity index (χ1v) is 5.72. The minimum Gasteiger partial charge on any atom is -0.328 e. The van der Waals surface area contributed by atoms with Crippen LogP contribution in [-0.4, -0.2) is 12.2 Å². The van der Waals surface area contributed by atoms with Gasteiger partial charge in [-0.2, -0.15) is 0 Å². The highest BCUT2D eigenvalue weighted by Gasteiger charge is 2.28. The molecule has 0 aliphatic carbocycles. The molecule has 16 heavy (non-hydrogen) atoms. The Morgan fingerprint density at radius 2 is 2.12 bits per heavy atom. The van der Waals surface area contributed by atoms with Crippen molar-refractivity contribution in [2.24, 2.45) is 5.73 Å². The van der Waals surface area contributed by atoms with E-state index >= 15 is 0 Å². The molecule has 0 bridgehead atoms. The number of hydrogen-bond donors (Lipinski definition) is 1. The van der Waals surface area contributed by atoms with Crippen molar-refractivity contribution in [2.75, 3.05) is 6.54 Å². The van der Waals surface area contributed by atoms with Gasteiger partial charge in [0.1, 0.15) is 11.5 Å². The molecule has 1 aromatic rings. The van der Waals surface area contributed by atoms with Crippen LogP contribution in [0.4, 0.5) is 8.78 Å². The van der Waals surface area contributed by atoms with E-state index in [-0.39, 0.29) is 18.0 Å². The molecule has 0 spiro atoms. The van der Waals surface area contributed by atoms with Crippen molar-refractivity contribution in [2.45, 2.75) is 31.9 Å². The van der Waals surface area contributed by atoms with Crippen LogP contribution in [0.2, 0.25) is 5.02 Å². The molecule has 1 aromatic carbocycles. The topological polar surface area (TPSA) is 26.0 Å². The van der Waals surface area contributed by atoms with Crippen LogP contribution < -0.4 is 5.73 Å². The Morgan fingerprint density at radius 3 is 2.69 bits per heavy atom. The van der Waals surface area contributed by atoms with Crippen LogP contribution in [0.25, 0.3) is 0 Å². The Hall–Kier alpha value is -0.670. The van der Waals surface area contributed by atoms with E-state index in [4.69, 9.17) is 17.3 Å². The second-order valence-corrected chi connectivity index (χ2v) is 4.37. The first kappa shape index (κ1) is 13.4. The third-order valence-corrected chi connectivity index (χ3v) is 3.03. The van der Waals surface area contributed by atoms with E-state index < -0.39 is 11.5 Å². The lowest BCUT2D eigenvalue weighted by Gasteiger charge is -2.23. The average Bonchev–Trinajstić information content (AvgIpc) is 2.25. The summed E-state index contributed by atoms with van der Waals surface area (Å²) in [4.78, 5) is 0. The lowest BCUT2D eigenvalue weighted by atomic mass is 9.92. The van der Waals surface area contributed by atoms with Crippen molar-refractivity contribution >= 4 is 11.6 Å². The summed E-state index contributed by atoms with van der Waals surface area (Å²) >= 11 is 5.77. The molecule has 1 atom stereocenters. The van der Waals surface area contributed by atoms with Gasteiger partial charge in [0.25, 0.3) is 0 Å². The molecule has 0 aliphatic rings. The van der Waals surface area contributed by atoms with Gasteiger partial charge in [0, 0.05) is 13.0 Å². The molecule has 4 heteroatoms. The van der Waals surface area contributed by atoms with Crippen molar-refractivity contribution in [3.8, 4) is 0 Å². The fraction of sp³-hybridized carbons (Fsp3) is 0.500. The van der Waals surface area contributed by atoms with Crippen molar-refractivity contribution in [1.82, 2.24) is 0 Å². The Labute approximate surface area is 99.6 Å². The molecule has 0 aliphatic heterocycles. The van der Waals surface area contributed by atoms with E-state index in [1.807, 2.05) is 6.92 Å². The standard InChI is InChI=1S/C12H16ClF2N/c1-2-6-12(15,8-16)7-9-4-3-5-10(14)11(9)13/h3-5H,2,6-8,16H2,1H3. The van der Waals surface area contributed by atoms with E-state index in [0.717, 1.165) is 0 Å². The Balaban J connectivity index is 2.90. The van der Waals surface area contributed by atoms with Gasteiger partial charge < -0.3 is 5.73 Å². The van der Waals surface area contributed by atoms with Gasteiger partial charge in [-0.25, -0.2) is 8.78 Å². The second-order valence-electron chi connectivity index (χ2n) is 3.99. The predicted molar refractivity (Wildman–Crippen MR) is 62.9 cm³/mol. The summed E-state index contributed by atoms with van der Waals surface area (Å²) in [6, 6.07) is 4.42. The molecule has 0 saturated carbocycles. The number of hydrogen-bond acceptors (Lipinski definition) is 1. The molecule has 1 unspecified atom stereocenters. The first-order chi connectivity index (χ1) is 7.52. The highest BCUT2D eigenvalue weighted by Crippen LogP contribution is 2.28. The van der Waals surface area contributed by atoms with Crippen LogP contribution in [0.5, 0.6) is 0 Å². The molecule has 0 fully saturated rings. The molecule has 1 nitrogen and oxygen atoms in total. The van der Waals surface area contributed by atoms with Crippen molar-refractivity contribution < 1.29 is 8.78 Å². The van der Waals surface area contributed by atoms with Gasteiger partial charge in [0.15, 0.2) is 0 Å². The van der Waals surface area contributed by atoms with Crippen LogP contribution in [0.3, 0.4) is 0 Å². The van der Waals surface area contributed by atoms with E-state index in [0.29, 0.717) is 18.4 Å². The van der Waals surface area contributed by atoms with Gasteiger partial charge in [-0.05, 0) is 18.1 Å². The highest BCUT2D eigenvalue weighted by molar-refractivity contribution is 6.31. The maximum absolute atomic E-state index is 14.2. The Bertz CT molecular complexity index is 357. The number of alkyl halides is 1. The number of benzene rings is 1. The molecular weight excluding hydrogens is 232 g/mol. The summed E-state index contributed by atoms with van der Waals surface area (Å²) in [5, 5.41) is -0.00548. The Kier molecular flexibility index (Phi) is 4.69. The third-order valence-electron chi connectivity index (χ3n) is 2.60. The number of nitrogens with two attached hydrogens (primary N) is 1. The minimum absolute atomic E-state index is 0.00548.